The first kappa shape index (κ1) is 17.9. The second kappa shape index (κ2) is 6.74. The van der Waals surface area contributed by atoms with E-state index in [4.69, 9.17) is 16.7 Å². The van der Waals surface area contributed by atoms with E-state index in [2.05, 4.69) is 4.72 Å². The van der Waals surface area contributed by atoms with Crippen molar-refractivity contribution in [3.8, 4) is 0 Å². The first-order valence-corrected chi connectivity index (χ1v) is 8.26. The predicted octanol–water partition coefficient (Wildman–Crippen LogP) is 1.87. The van der Waals surface area contributed by atoms with Gasteiger partial charge in [-0.3, -0.25) is 0 Å². The third kappa shape index (κ3) is 4.41. The molecule has 0 spiro atoms. The molecule has 118 valence electrons. The Morgan fingerprint density at radius 3 is 2.38 bits per heavy atom. The van der Waals surface area contributed by atoms with Gasteiger partial charge in [0.15, 0.2) is 0 Å². The molecule has 0 aliphatic rings. The summed E-state index contributed by atoms with van der Waals surface area (Å²) in [6, 6.07) is 3.42. The average Bonchev–Trinajstić information content (AvgIpc) is 2.45. The Labute approximate surface area is 128 Å². The van der Waals surface area contributed by atoms with Gasteiger partial charge in [-0.15, -0.1) is 0 Å². The van der Waals surface area contributed by atoms with E-state index < -0.39 is 21.6 Å². The molecular formula is C13H18ClNO5S. The number of aromatic carboxylic acids is 1. The molecule has 0 atom stereocenters. The molecule has 0 fully saturated rings. The number of aliphatic hydroxyl groups is 1. The fourth-order valence-corrected chi connectivity index (χ4v) is 2.99. The molecular weight excluding hydrogens is 318 g/mol. The highest BCUT2D eigenvalue weighted by atomic mass is 35.5. The number of sulfonamides is 1. The minimum atomic E-state index is -3.92. The number of hydrogen-bond donors (Lipinski definition) is 3. The summed E-state index contributed by atoms with van der Waals surface area (Å²) in [5, 5.41) is 19.0. The smallest absolute Gasteiger partial charge is 0.337 e. The lowest BCUT2D eigenvalue weighted by atomic mass is 9.98. The number of nitrogens with one attached hydrogen (secondary N) is 1. The summed E-state index contributed by atoms with van der Waals surface area (Å²) < 4.78 is 26.6. The second-order valence-corrected chi connectivity index (χ2v) is 6.88. The SMILES string of the molecule is CCC(O)(CC)CNS(=O)(=O)c1ccc(Cl)c(C(=O)O)c1. The number of hydrogen-bond acceptors (Lipinski definition) is 4. The molecule has 0 saturated carbocycles. The van der Waals surface area contributed by atoms with Crippen molar-refractivity contribution in [2.24, 2.45) is 0 Å². The van der Waals surface area contributed by atoms with Crippen LogP contribution in [0, 0.1) is 0 Å². The Hall–Kier alpha value is -1.15. The monoisotopic (exact) mass is 335 g/mol. The van der Waals surface area contributed by atoms with Crippen LogP contribution in [0.1, 0.15) is 37.0 Å². The highest BCUT2D eigenvalue weighted by molar-refractivity contribution is 7.89. The third-order valence-corrected chi connectivity index (χ3v) is 5.11. The maximum absolute atomic E-state index is 12.1. The first-order valence-electron chi connectivity index (χ1n) is 6.40. The summed E-state index contributed by atoms with van der Waals surface area (Å²) in [4.78, 5) is 10.8. The lowest BCUT2D eigenvalue weighted by Crippen LogP contribution is -2.42. The summed E-state index contributed by atoms with van der Waals surface area (Å²) in [5.41, 5.74) is -1.42. The molecule has 0 saturated heterocycles. The summed E-state index contributed by atoms with van der Waals surface area (Å²) in [7, 11) is -3.92. The summed E-state index contributed by atoms with van der Waals surface area (Å²) >= 11 is 5.70. The van der Waals surface area contributed by atoms with Crippen LogP contribution in [0.15, 0.2) is 23.1 Å². The van der Waals surface area contributed by atoms with Gasteiger partial charge in [0.2, 0.25) is 10.0 Å². The van der Waals surface area contributed by atoms with Gasteiger partial charge < -0.3 is 10.2 Å². The number of rotatable bonds is 7. The van der Waals surface area contributed by atoms with Crippen molar-refractivity contribution in [3.05, 3.63) is 28.8 Å². The molecule has 0 amide bonds. The minimum absolute atomic E-state index is 0.0416. The van der Waals surface area contributed by atoms with E-state index in [0.717, 1.165) is 6.07 Å². The zero-order valence-electron chi connectivity index (χ0n) is 11.8. The van der Waals surface area contributed by atoms with Crippen LogP contribution in [0.4, 0.5) is 0 Å². The highest BCUT2D eigenvalue weighted by Gasteiger charge is 2.26. The summed E-state index contributed by atoms with van der Waals surface area (Å²) in [6.45, 7) is 3.36. The highest BCUT2D eigenvalue weighted by Crippen LogP contribution is 2.21. The molecule has 0 heterocycles. The van der Waals surface area contributed by atoms with Crippen molar-refractivity contribution in [2.45, 2.75) is 37.2 Å². The van der Waals surface area contributed by atoms with Crippen molar-refractivity contribution >= 4 is 27.6 Å². The third-order valence-electron chi connectivity index (χ3n) is 3.39. The zero-order valence-corrected chi connectivity index (χ0v) is 13.3. The van der Waals surface area contributed by atoms with E-state index in [1.54, 1.807) is 13.8 Å². The van der Waals surface area contributed by atoms with Gasteiger partial charge in [0.1, 0.15) is 0 Å². The van der Waals surface area contributed by atoms with Crippen LogP contribution in [-0.2, 0) is 10.0 Å². The Balaban J connectivity index is 3.04. The van der Waals surface area contributed by atoms with Crippen molar-refractivity contribution in [1.29, 1.82) is 0 Å². The lowest BCUT2D eigenvalue weighted by Gasteiger charge is -2.25. The van der Waals surface area contributed by atoms with Crippen molar-refractivity contribution in [1.82, 2.24) is 4.72 Å². The number of carboxylic acid groups (broad SMARTS) is 1. The van der Waals surface area contributed by atoms with Crippen LogP contribution in [0.3, 0.4) is 0 Å². The van der Waals surface area contributed by atoms with Crippen molar-refractivity contribution in [3.63, 3.8) is 0 Å². The van der Waals surface area contributed by atoms with Gasteiger partial charge >= 0.3 is 5.97 Å². The van der Waals surface area contributed by atoms with E-state index in [-0.39, 0.29) is 22.0 Å². The Morgan fingerprint density at radius 2 is 1.90 bits per heavy atom. The maximum Gasteiger partial charge on any atom is 0.337 e. The fourth-order valence-electron chi connectivity index (χ4n) is 1.65. The van der Waals surface area contributed by atoms with Gasteiger partial charge in [0.05, 0.1) is 21.1 Å². The van der Waals surface area contributed by atoms with E-state index in [1.165, 1.54) is 12.1 Å². The molecule has 0 bridgehead atoms. The van der Waals surface area contributed by atoms with Gasteiger partial charge in [-0.2, -0.15) is 0 Å². The van der Waals surface area contributed by atoms with Crippen LogP contribution < -0.4 is 4.72 Å². The Bertz CT molecular complexity index is 625. The summed E-state index contributed by atoms with van der Waals surface area (Å²) in [5.74, 6) is -1.31. The normalized spacial score (nSPS) is 12.4. The molecule has 1 aromatic rings. The van der Waals surface area contributed by atoms with Gasteiger partial charge in [-0.1, -0.05) is 25.4 Å². The van der Waals surface area contributed by atoms with E-state index in [0.29, 0.717) is 12.8 Å². The van der Waals surface area contributed by atoms with Crippen molar-refractivity contribution < 1.29 is 23.4 Å². The molecule has 3 N–H and O–H groups in total. The topological polar surface area (TPSA) is 104 Å². The molecule has 0 aromatic heterocycles. The molecule has 1 aromatic carbocycles. The largest absolute Gasteiger partial charge is 0.478 e. The zero-order chi connectivity index (χ0) is 16.3. The fraction of sp³-hybridized carbons (Fsp3) is 0.462. The number of carbonyl (C=O) groups is 1. The van der Waals surface area contributed by atoms with Gasteiger partial charge in [0, 0.05) is 6.54 Å². The van der Waals surface area contributed by atoms with Crippen LogP contribution in [0.5, 0.6) is 0 Å². The van der Waals surface area contributed by atoms with Gasteiger partial charge in [-0.25, -0.2) is 17.9 Å². The van der Waals surface area contributed by atoms with Gasteiger partial charge in [-0.05, 0) is 31.0 Å². The van der Waals surface area contributed by atoms with Crippen molar-refractivity contribution in [2.75, 3.05) is 6.54 Å². The maximum atomic E-state index is 12.1. The molecule has 1 rings (SSSR count). The summed E-state index contributed by atoms with van der Waals surface area (Å²) in [6.07, 6.45) is 0.792. The Morgan fingerprint density at radius 1 is 1.33 bits per heavy atom. The quantitative estimate of drug-likeness (QED) is 0.705. The predicted molar refractivity (Wildman–Crippen MR) is 79.1 cm³/mol. The second-order valence-electron chi connectivity index (χ2n) is 4.70. The van der Waals surface area contributed by atoms with Gasteiger partial charge in [0.25, 0.3) is 0 Å². The standard InChI is InChI=1S/C13H18ClNO5S/c1-3-13(18,4-2)8-15-21(19,20)9-5-6-11(14)10(7-9)12(16)17/h5-7,15,18H,3-4,8H2,1-2H3,(H,16,17). The van der Waals surface area contributed by atoms with Crippen LogP contribution in [0.25, 0.3) is 0 Å². The van der Waals surface area contributed by atoms with Crippen LogP contribution in [-0.4, -0.2) is 36.7 Å². The molecule has 6 nitrogen and oxygen atoms in total. The molecule has 21 heavy (non-hydrogen) atoms. The van der Waals surface area contributed by atoms with E-state index in [9.17, 15) is 18.3 Å². The van der Waals surface area contributed by atoms with E-state index >= 15 is 0 Å². The van der Waals surface area contributed by atoms with Crippen LogP contribution >= 0.6 is 11.6 Å². The molecule has 0 aliphatic heterocycles. The number of benzene rings is 1. The number of halogens is 1. The molecule has 0 radical (unpaired) electrons. The van der Waals surface area contributed by atoms with E-state index in [1.807, 2.05) is 0 Å². The Kier molecular flexibility index (Phi) is 5.75. The average molecular weight is 336 g/mol. The number of carboxylic acids is 1. The molecule has 8 heteroatoms. The lowest BCUT2D eigenvalue weighted by molar-refractivity contribution is 0.0377. The minimum Gasteiger partial charge on any atom is -0.478 e. The van der Waals surface area contributed by atoms with Crippen LogP contribution in [0.2, 0.25) is 5.02 Å². The molecule has 0 unspecified atom stereocenters. The molecule has 0 aliphatic carbocycles. The first-order chi connectivity index (χ1) is 9.65.